The van der Waals surface area contributed by atoms with Crippen LogP contribution < -0.4 is 0 Å². The van der Waals surface area contributed by atoms with E-state index in [1.165, 1.54) is 19.2 Å². The monoisotopic (exact) mass is 551 g/mol. The van der Waals surface area contributed by atoms with Crippen molar-refractivity contribution < 1.29 is 23.5 Å². The van der Waals surface area contributed by atoms with Gasteiger partial charge in [-0.15, -0.1) is 0 Å². The molecule has 40 heavy (non-hydrogen) atoms. The molecule has 0 atom stereocenters. The Morgan fingerprint density at radius 3 is 2.27 bits per heavy atom. The van der Waals surface area contributed by atoms with Crippen molar-refractivity contribution in [2.75, 3.05) is 26.7 Å². The molecule has 2 amide bonds. The summed E-state index contributed by atoms with van der Waals surface area (Å²) in [5.74, 6) is -1.17. The lowest BCUT2D eigenvalue weighted by molar-refractivity contribution is -0.155. The highest BCUT2D eigenvalue weighted by Gasteiger charge is 2.41. The van der Waals surface area contributed by atoms with E-state index in [-0.39, 0.29) is 35.2 Å². The zero-order valence-electron chi connectivity index (χ0n) is 24.5. The fourth-order valence-electron chi connectivity index (χ4n) is 5.11. The van der Waals surface area contributed by atoms with Crippen LogP contribution in [0.4, 0.5) is 4.39 Å². The highest BCUT2D eigenvalue weighted by Crippen LogP contribution is 2.31. The summed E-state index contributed by atoms with van der Waals surface area (Å²) in [7, 11) is 1.31. The summed E-state index contributed by atoms with van der Waals surface area (Å²) in [5.41, 5.74) is 1.24. The van der Waals surface area contributed by atoms with Crippen LogP contribution in [-0.2, 0) is 19.7 Å². The first-order valence-electron chi connectivity index (χ1n) is 13.4. The molecule has 1 aliphatic heterocycles. The lowest BCUT2D eigenvalue weighted by Gasteiger charge is -2.47. The number of nitrogens with zero attached hydrogens (tertiary/aromatic N) is 5. The van der Waals surface area contributed by atoms with Crippen molar-refractivity contribution >= 4 is 23.4 Å². The summed E-state index contributed by atoms with van der Waals surface area (Å²) >= 11 is 0. The Hall–Kier alpha value is -3.82. The van der Waals surface area contributed by atoms with Gasteiger partial charge >= 0.3 is 5.97 Å². The van der Waals surface area contributed by atoms with Gasteiger partial charge in [0.2, 0.25) is 5.91 Å². The fourth-order valence-corrected chi connectivity index (χ4v) is 5.11. The molecule has 1 aromatic carbocycles. The molecule has 3 heterocycles. The van der Waals surface area contributed by atoms with Crippen molar-refractivity contribution in [1.82, 2.24) is 24.4 Å². The molecule has 0 unspecified atom stereocenters. The lowest BCUT2D eigenvalue weighted by atomic mass is 9.87. The highest BCUT2D eigenvalue weighted by atomic mass is 19.1. The van der Waals surface area contributed by atoms with Gasteiger partial charge in [-0.05, 0) is 63.4 Å². The zero-order valence-corrected chi connectivity index (χ0v) is 24.5. The van der Waals surface area contributed by atoms with Crippen LogP contribution in [0.25, 0.3) is 16.9 Å². The van der Waals surface area contributed by atoms with Gasteiger partial charge in [-0.3, -0.25) is 14.4 Å². The van der Waals surface area contributed by atoms with Crippen LogP contribution in [0.1, 0.15) is 70.9 Å². The van der Waals surface area contributed by atoms with E-state index in [4.69, 9.17) is 14.8 Å². The summed E-state index contributed by atoms with van der Waals surface area (Å²) in [6.07, 6.45) is 1.65. The van der Waals surface area contributed by atoms with E-state index in [9.17, 15) is 18.8 Å². The highest BCUT2D eigenvalue weighted by molar-refractivity contribution is 5.94. The average Bonchev–Trinajstić information content (AvgIpc) is 3.30. The summed E-state index contributed by atoms with van der Waals surface area (Å²) < 4.78 is 20.0. The second kappa shape index (κ2) is 10.3. The summed E-state index contributed by atoms with van der Waals surface area (Å²) in [4.78, 5) is 47.1. The Morgan fingerprint density at radius 1 is 1.05 bits per heavy atom. The van der Waals surface area contributed by atoms with Gasteiger partial charge in [0.05, 0.1) is 30.0 Å². The van der Waals surface area contributed by atoms with E-state index in [2.05, 4.69) is 20.8 Å². The number of piperazine rings is 1. The molecule has 10 heteroatoms. The van der Waals surface area contributed by atoms with Crippen molar-refractivity contribution in [1.29, 1.82) is 0 Å². The van der Waals surface area contributed by atoms with E-state index in [0.29, 0.717) is 31.0 Å². The van der Waals surface area contributed by atoms with Gasteiger partial charge in [0, 0.05) is 37.2 Å². The number of hydrogen-bond donors (Lipinski definition) is 0. The van der Waals surface area contributed by atoms with E-state index >= 15 is 0 Å². The van der Waals surface area contributed by atoms with Gasteiger partial charge in [-0.25, -0.2) is 13.9 Å². The molecule has 1 saturated heterocycles. The first-order chi connectivity index (χ1) is 18.5. The number of halogens is 1. The van der Waals surface area contributed by atoms with Crippen molar-refractivity contribution in [2.45, 2.75) is 65.8 Å². The molecule has 0 saturated carbocycles. The number of methoxy groups -OCH3 is 1. The SMILES string of the molecule is COC(=O)C(C)(C)CC(=O)N1CCN(C(=O)c2cn3nc(-c4ccc(F)cc4)cc(C(C)(C)C)c3n2)C(C)(C)C1. The quantitative estimate of drug-likeness (QED) is 0.434. The summed E-state index contributed by atoms with van der Waals surface area (Å²) in [6, 6.07) is 8.07. The maximum atomic E-state index is 13.8. The molecular weight excluding hydrogens is 513 g/mol. The Morgan fingerprint density at radius 2 is 1.70 bits per heavy atom. The standard InChI is InChI=1S/C30H38FN5O4/c1-28(2,3)21-15-22(19-9-11-20(31)12-10-19)33-36-17-23(32-25(21)36)26(38)35-14-13-34(18-30(35,6)7)24(37)16-29(4,5)27(39)40-8/h9-12,15,17H,13-14,16,18H2,1-8H3. The smallest absolute Gasteiger partial charge is 0.311 e. The van der Waals surface area contributed by atoms with Crippen molar-refractivity contribution in [2.24, 2.45) is 5.41 Å². The van der Waals surface area contributed by atoms with Crippen LogP contribution in [-0.4, -0.2) is 74.5 Å². The Balaban J connectivity index is 1.61. The summed E-state index contributed by atoms with van der Waals surface area (Å²) in [6.45, 7) is 14.4. The van der Waals surface area contributed by atoms with Crippen LogP contribution >= 0.6 is 0 Å². The average molecular weight is 552 g/mol. The largest absolute Gasteiger partial charge is 0.469 e. The number of imidazole rings is 1. The van der Waals surface area contributed by atoms with Crippen molar-refractivity contribution in [3.63, 3.8) is 0 Å². The summed E-state index contributed by atoms with van der Waals surface area (Å²) in [5, 5.41) is 4.69. The molecule has 9 nitrogen and oxygen atoms in total. The number of benzene rings is 1. The van der Waals surface area contributed by atoms with Crippen LogP contribution in [0.15, 0.2) is 36.5 Å². The predicted octanol–water partition coefficient (Wildman–Crippen LogP) is 4.49. The number of hydrogen-bond acceptors (Lipinski definition) is 6. The van der Waals surface area contributed by atoms with Gasteiger partial charge in [-0.1, -0.05) is 20.8 Å². The molecule has 1 fully saturated rings. The topological polar surface area (TPSA) is 97.1 Å². The maximum Gasteiger partial charge on any atom is 0.311 e. The second-order valence-corrected chi connectivity index (χ2v) is 12.7. The Kier molecular flexibility index (Phi) is 7.51. The Bertz CT molecular complexity index is 1450. The number of rotatable bonds is 5. The molecule has 2 aromatic heterocycles. The molecule has 0 N–H and O–H groups in total. The first kappa shape index (κ1) is 29.2. The first-order valence-corrected chi connectivity index (χ1v) is 13.4. The molecule has 0 radical (unpaired) electrons. The lowest BCUT2D eigenvalue weighted by Crippen LogP contribution is -2.62. The number of amides is 2. The van der Waals surface area contributed by atoms with Gasteiger partial charge in [-0.2, -0.15) is 5.10 Å². The minimum atomic E-state index is -0.940. The predicted molar refractivity (Wildman–Crippen MR) is 149 cm³/mol. The van der Waals surface area contributed by atoms with Crippen molar-refractivity contribution in [3.8, 4) is 11.3 Å². The molecular formula is C30H38FN5O4. The number of esters is 1. The zero-order chi connectivity index (χ0) is 29.6. The van der Waals surface area contributed by atoms with E-state index in [1.807, 2.05) is 19.9 Å². The number of ether oxygens (including phenoxy) is 1. The molecule has 4 rings (SSSR count). The van der Waals surface area contributed by atoms with Crippen LogP contribution in [0.2, 0.25) is 0 Å². The second-order valence-electron chi connectivity index (χ2n) is 12.7. The fraction of sp³-hybridized carbons (Fsp3) is 0.500. The van der Waals surface area contributed by atoms with Gasteiger partial charge in [0.1, 0.15) is 11.5 Å². The number of aromatic nitrogens is 3. The van der Waals surface area contributed by atoms with E-state index < -0.39 is 16.9 Å². The molecule has 1 aliphatic rings. The Labute approximate surface area is 234 Å². The molecule has 214 valence electrons. The molecule has 0 bridgehead atoms. The van der Waals surface area contributed by atoms with Gasteiger partial charge < -0.3 is 14.5 Å². The van der Waals surface area contributed by atoms with E-state index in [0.717, 1.165) is 11.1 Å². The number of carbonyl (C=O) groups excluding carboxylic acids is 3. The molecule has 3 aromatic rings. The molecule has 0 spiro atoms. The van der Waals surface area contributed by atoms with Gasteiger partial charge in [0.15, 0.2) is 5.65 Å². The minimum absolute atomic E-state index is 0.0216. The third-order valence-corrected chi connectivity index (χ3v) is 7.42. The third kappa shape index (κ3) is 5.71. The number of carbonyl (C=O) groups is 3. The van der Waals surface area contributed by atoms with Gasteiger partial charge in [0.25, 0.3) is 5.91 Å². The molecule has 0 aliphatic carbocycles. The normalized spacial score (nSPS) is 15.8. The minimum Gasteiger partial charge on any atom is -0.469 e. The van der Waals surface area contributed by atoms with E-state index in [1.54, 1.807) is 46.5 Å². The number of fused-ring (bicyclic) bond motifs is 1. The van der Waals surface area contributed by atoms with Crippen LogP contribution in [0.5, 0.6) is 0 Å². The van der Waals surface area contributed by atoms with Crippen LogP contribution in [0, 0.1) is 11.2 Å². The third-order valence-electron chi connectivity index (χ3n) is 7.42. The van der Waals surface area contributed by atoms with Crippen LogP contribution in [0.3, 0.4) is 0 Å². The maximum absolute atomic E-state index is 13.8. The van der Waals surface area contributed by atoms with Crippen molar-refractivity contribution in [3.05, 3.63) is 53.6 Å².